The van der Waals surface area contributed by atoms with Gasteiger partial charge >= 0.3 is 0 Å². The van der Waals surface area contributed by atoms with Gasteiger partial charge in [-0.3, -0.25) is 0 Å². The van der Waals surface area contributed by atoms with Crippen molar-refractivity contribution in [3.8, 4) is 5.75 Å². The second-order valence-corrected chi connectivity index (χ2v) is 25.7. The molecule has 0 unspecified atom stereocenters. The molecule has 10 heteroatoms. The number of benzene rings is 1. The second-order valence-electron chi connectivity index (χ2n) is 16.2. The van der Waals surface area contributed by atoms with Crippen molar-refractivity contribution < 1.29 is 37.3 Å². The van der Waals surface area contributed by atoms with Crippen molar-refractivity contribution in [1.82, 2.24) is 0 Å². The lowest BCUT2D eigenvalue weighted by atomic mass is 9.88. The highest BCUT2D eigenvalue weighted by Gasteiger charge is 2.42. The fourth-order valence-electron chi connectivity index (χ4n) is 4.80. The molecule has 0 amide bonds. The van der Waals surface area contributed by atoms with Crippen LogP contribution in [0.3, 0.4) is 0 Å². The molecule has 49 heavy (non-hydrogen) atoms. The minimum Gasteiger partial charge on any atom is -0.497 e. The molecule has 0 heterocycles. The zero-order valence-electron chi connectivity index (χ0n) is 34.0. The number of hydrogen-bond donors (Lipinski definition) is 0. The summed E-state index contributed by atoms with van der Waals surface area (Å²) in [7, 11) is 1.05. The summed E-state index contributed by atoms with van der Waals surface area (Å²) in [5.41, 5.74) is 3.32. The minimum absolute atomic E-state index is 0.0359. The molecule has 0 radical (unpaired) electrons. The molecule has 0 aliphatic heterocycles. The number of rotatable bonds is 23. The normalized spacial score (nSPS) is 16.4. The van der Waals surface area contributed by atoms with Gasteiger partial charge < -0.3 is 37.3 Å². The lowest BCUT2D eigenvalue weighted by Gasteiger charge is -2.43. The number of methoxy groups -OCH3 is 3. The summed E-state index contributed by atoms with van der Waals surface area (Å²) in [6.07, 6.45) is 4.43. The van der Waals surface area contributed by atoms with Crippen molar-refractivity contribution in [1.29, 1.82) is 0 Å². The van der Waals surface area contributed by atoms with Crippen LogP contribution in [0.1, 0.15) is 74.3 Å². The predicted molar refractivity (Wildman–Crippen MR) is 208 cm³/mol. The summed E-state index contributed by atoms with van der Waals surface area (Å²) < 4.78 is 48.6. The van der Waals surface area contributed by atoms with Crippen LogP contribution in [-0.2, 0) is 39.1 Å². The second kappa shape index (κ2) is 21.2. The van der Waals surface area contributed by atoms with Crippen molar-refractivity contribution in [3.63, 3.8) is 0 Å². The zero-order chi connectivity index (χ0) is 37.5. The van der Waals surface area contributed by atoms with E-state index in [1.807, 2.05) is 24.3 Å². The van der Waals surface area contributed by atoms with Crippen LogP contribution in [0, 0.1) is 5.92 Å². The summed E-state index contributed by atoms with van der Waals surface area (Å²) >= 11 is 0. The van der Waals surface area contributed by atoms with Gasteiger partial charge in [0.1, 0.15) is 12.5 Å². The molecule has 0 fully saturated rings. The van der Waals surface area contributed by atoms with E-state index in [0.717, 1.165) is 22.5 Å². The average molecular weight is 725 g/mol. The smallest absolute Gasteiger partial charge is 0.192 e. The molecular weight excluding hydrogens is 653 g/mol. The Hall–Kier alpha value is -1.35. The van der Waals surface area contributed by atoms with Crippen LogP contribution in [0.4, 0.5) is 0 Å². The fourth-order valence-corrected chi connectivity index (χ4v) is 7.15. The molecule has 4 atom stereocenters. The van der Waals surface area contributed by atoms with E-state index in [1.165, 1.54) is 0 Å². The van der Waals surface area contributed by atoms with Gasteiger partial charge in [-0.2, -0.15) is 0 Å². The van der Waals surface area contributed by atoms with E-state index < -0.39 is 16.6 Å². The summed E-state index contributed by atoms with van der Waals surface area (Å²) in [6.45, 7) is 32.0. The third kappa shape index (κ3) is 15.8. The summed E-state index contributed by atoms with van der Waals surface area (Å²) in [5, 5.41) is 0.174. The summed E-state index contributed by atoms with van der Waals surface area (Å²) in [5.74, 6) is 0.871. The van der Waals surface area contributed by atoms with Gasteiger partial charge in [0.05, 0.1) is 58.5 Å². The van der Waals surface area contributed by atoms with Crippen LogP contribution in [-0.4, -0.2) is 89.5 Å². The Labute approximate surface area is 302 Å². The molecule has 0 bridgehead atoms. The molecule has 0 N–H and O–H groups in total. The highest BCUT2D eigenvalue weighted by atomic mass is 28.4. The predicted octanol–water partition coefficient (Wildman–Crippen LogP) is 9.56. The first-order valence-electron chi connectivity index (χ1n) is 17.8. The summed E-state index contributed by atoms with van der Waals surface area (Å²) in [6, 6.07) is 7.95. The lowest BCUT2D eigenvalue weighted by molar-refractivity contribution is -0.101. The van der Waals surface area contributed by atoms with Crippen molar-refractivity contribution in [3.05, 3.63) is 53.1 Å². The van der Waals surface area contributed by atoms with Crippen molar-refractivity contribution in [2.75, 3.05) is 54.5 Å². The lowest BCUT2D eigenvalue weighted by Crippen LogP contribution is -2.48. The first-order chi connectivity index (χ1) is 22.7. The third-order valence-electron chi connectivity index (χ3n) is 10.4. The molecule has 0 aliphatic rings. The minimum atomic E-state index is -2.17. The molecule has 0 saturated carbocycles. The van der Waals surface area contributed by atoms with Crippen LogP contribution in [0.25, 0.3) is 0 Å². The third-order valence-corrected chi connectivity index (χ3v) is 19.4. The number of ether oxygens (including phenoxy) is 6. The Morgan fingerprint density at radius 2 is 1.37 bits per heavy atom. The van der Waals surface area contributed by atoms with E-state index in [1.54, 1.807) is 21.3 Å². The number of hydrogen-bond acceptors (Lipinski definition) is 8. The van der Waals surface area contributed by atoms with E-state index in [4.69, 9.17) is 37.3 Å². The van der Waals surface area contributed by atoms with E-state index in [0.29, 0.717) is 39.5 Å². The van der Waals surface area contributed by atoms with Gasteiger partial charge in [0.25, 0.3) is 0 Å². The molecule has 1 aromatic rings. The van der Waals surface area contributed by atoms with Crippen LogP contribution < -0.4 is 4.74 Å². The van der Waals surface area contributed by atoms with Gasteiger partial charge in [-0.1, -0.05) is 72.8 Å². The van der Waals surface area contributed by atoms with Crippen molar-refractivity contribution in [2.45, 2.75) is 130 Å². The van der Waals surface area contributed by atoms with Crippen LogP contribution >= 0.6 is 0 Å². The van der Waals surface area contributed by atoms with Crippen molar-refractivity contribution in [2.24, 2.45) is 5.92 Å². The molecule has 8 nitrogen and oxygen atoms in total. The van der Waals surface area contributed by atoms with Gasteiger partial charge in [-0.25, -0.2) is 0 Å². The van der Waals surface area contributed by atoms with E-state index in [9.17, 15) is 0 Å². The van der Waals surface area contributed by atoms with E-state index in [-0.39, 0.29) is 41.1 Å². The maximum absolute atomic E-state index is 7.23. The SMILES string of the molecule is COCCOCO[C@@H](C[C@H](O[Si](C)(C)C(C)(C)C)[C@H](C)[C@@H](OC)/C(C)=C/COCc1ccc(OC)cc1)/C(C)=C/CO[Si](C)(C)C(C)(C)C. The Balaban J connectivity index is 3.29. The first kappa shape index (κ1) is 45.7. The molecule has 0 saturated heterocycles. The molecule has 1 aromatic carbocycles. The van der Waals surface area contributed by atoms with Crippen LogP contribution in [0.5, 0.6) is 5.75 Å². The highest BCUT2D eigenvalue weighted by Crippen LogP contribution is 2.40. The average Bonchev–Trinajstić information content (AvgIpc) is 3.01. The first-order valence-corrected chi connectivity index (χ1v) is 23.6. The van der Waals surface area contributed by atoms with E-state index >= 15 is 0 Å². The Morgan fingerprint density at radius 1 is 0.776 bits per heavy atom. The standard InChI is InChI=1S/C39H72O8Si2/c1-30(22-24-46-48(13,14)38(4,5)6)35(45-29-44-26-25-40-10)27-36(47-49(15,16)39(7,8)9)32(3)37(42-12)31(2)21-23-43-28-33-17-19-34(41-11)20-18-33/h17-22,32,35-37H,23-29H2,1-16H3/b30-22+,31-21+/t32-,35-,36-,37-/m0/s1. The van der Waals surface area contributed by atoms with Gasteiger partial charge in [-0.15, -0.1) is 0 Å². The summed E-state index contributed by atoms with van der Waals surface area (Å²) in [4.78, 5) is 0. The largest absolute Gasteiger partial charge is 0.497 e. The van der Waals surface area contributed by atoms with Crippen LogP contribution in [0.15, 0.2) is 47.6 Å². The molecule has 0 aliphatic carbocycles. The van der Waals surface area contributed by atoms with Crippen molar-refractivity contribution >= 4 is 16.6 Å². The van der Waals surface area contributed by atoms with Crippen LogP contribution in [0.2, 0.25) is 36.3 Å². The maximum atomic E-state index is 7.23. The molecule has 0 spiro atoms. The van der Waals surface area contributed by atoms with Gasteiger partial charge in [0.2, 0.25) is 0 Å². The molecule has 284 valence electrons. The Morgan fingerprint density at radius 3 is 1.90 bits per heavy atom. The topological polar surface area (TPSA) is 73.8 Å². The monoisotopic (exact) mass is 724 g/mol. The molecule has 0 aromatic heterocycles. The quantitative estimate of drug-likeness (QED) is 0.0478. The van der Waals surface area contributed by atoms with Gasteiger partial charge in [0, 0.05) is 26.6 Å². The van der Waals surface area contributed by atoms with E-state index in [2.05, 4.69) is 101 Å². The fraction of sp³-hybridized carbons (Fsp3) is 0.744. The highest BCUT2D eigenvalue weighted by molar-refractivity contribution is 6.74. The van der Waals surface area contributed by atoms with Gasteiger partial charge in [-0.05, 0) is 79.0 Å². The Bertz CT molecular complexity index is 1120. The van der Waals surface area contributed by atoms with Gasteiger partial charge in [0.15, 0.2) is 16.6 Å². The Kier molecular flexibility index (Phi) is 19.8. The zero-order valence-corrected chi connectivity index (χ0v) is 36.0. The molecule has 1 rings (SSSR count). The molecular formula is C39H72O8Si2. The maximum Gasteiger partial charge on any atom is 0.192 e.